The lowest BCUT2D eigenvalue weighted by molar-refractivity contribution is -0.181. The summed E-state index contributed by atoms with van der Waals surface area (Å²) in [7, 11) is 1.32. The molecule has 4 heterocycles. The van der Waals surface area contributed by atoms with Crippen LogP contribution in [0.5, 0.6) is 17.2 Å². The minimum atomic E-state index is -1.61. The van der Waals surface area contributed by atoms with Crippen LogP contribution in [0.4, 0.5) is 0 Å². The molecule has 2 aromatic rings. The number of ether oxygens (including phenoxy) is 5. The Morgan fingerprint density at radius 1 is 0.947 bits per heavy atom. The van der Waals surface area contributed by atoms with Gasteiger partial charge in [0, 0.05) is 52.0 Å². The molecule has 0 aromatic heterocycles. The first-order valence-electron chi connectivity index (χ1n) is 20.1. The van der Waals surface area contributed by atoms with Crippen LogP contribution in [-0.2, 0) is 30.2 Å². The third-order valence-electron chi connectivity index (χ3n) is 13.4. The Morgan fingerprint density at radius 2 is 1.67 bits per heavy atom. The highest BCUT2D eigenvalue weighted by Crippen LogP contribution is 2.75. The number of benzene rings is 2. The third-order valence-corrected chi connectivity index (χ3v) is 13.4. The zero-order chi connectivity index (χ0) is 40.6. The van der Waals surface area contributed by atoms with Crippen LogP contribution in [0.15, 0.2) is 76.4 Å². The van der Waals surface area contributed by atoms with E-state index in [0.717, 1.165) is 12.0 Å². The first-order chi connectivity index (χ1) is 27.0. The highest BCUT2D eigenvalue weighted by molar-refractivity contribution is 6.22. The van der Waals surface area contributed by atoms with Gasteiger partial charge in [-0.05, 0) is 93.2 Å². The Balaban J connectivity index is 1.35. The highest BCUT2D eigenvalue weighted by atomic mass is 16.6. The van der Waals surface area contributed by atoms with Crippen molar-refractivity contribution < 1.29 is 43.2 Å². The molecule has 3 saturated carbocycles. The Bertz CT molecular complexity index is 2410. The molecule has 6 unspecified atom stereocenters. The summed E-state index contributed by atoms with van der Waals surface area (Å²) in [6.45, 7) is 15.9. The van der Waals surface area contributed by atoms with Crippen molar-refractivity contribution in [1.29, 1.82) is 0 Å². The monoisotopic (exact) mass is 770 g/mol. The predicted octanol–water partition coefficient (Wildman–Crippen LogP) is 9.18. The van der Waals surface area contributed by atoms with Crippen LogP contribution in [0.25, 0.3) is 17.6 Å². The molecule has 8 aliphatic rings. The van der Waals surface area contributed by atoms with E-state index >= 15 is 4.79 Å². The molecule has 9 nitrogen and oxygen atoms in total. The fourth-order valence-corrected chi connectivity index (χ4v) is 10.9. The molecule has 9 heteroatoms. The third kappa shape index (κ3) is 4.93. The van der Waals surface area contributed by atoms with Crippen molar-refractivity contribution in [2.75, 3.05) is 7.11 Å². The summed E-state index contributed by atoms with van der Waals surface area (Å²) in [5, 5.41) is 12.6. The lowest BCUT2D eigenvalue weighted by Gasteiger charge is -2.62. The molecule has 296 valence electrons. The van der Waals surface area contributed by atoms with E-state index in [4.69, 9.17) is 23.7 Å². The van der Waals surface area contributed by atoms with Crippen molar-refractivity contribution >= 4 is 35.1 Å². The second-order valence-electron chi connectivity index (χ2n) is 18.0. The molecule has 4 fully saturated rings. The quantitative estimate of drug-likeness (QED) is 0.159. The minimum Gasteiger partial charge on any atom is -0.506 e. The van der Waals surface area contributed by atoms with E-state index in [-0.39, 0.29) is 29.7 Å². The number of phenolic OH excluding ortho intramolecular Hbond substituents is 1. The summed E-state index contributed by atoms with van der Waals surface area (Å²) >= 11 is 0. The number of methoxy groups -OCH3 is 1. The number of rotatable bonds is 8. The molecular formula is C48H50O9. The Hall–Kier alpha value is -5.15. The molecule has 6 atom stereocenters. The molecule has 4 aliphatic heterocycles. The van der Waals surface area contributed by atoms with Gasteiger partial charge < -0.3 is 28.8 Å². The molecule has 1 saturated heterocycles. The number of ketones is 2. The van der Waals surface area contributed by atoms with E-state index in [1.165, 1.54) is 12.7 Å². The van der Waals surface area contributed by atoms with Crippen molar-refractivity contribution in [3.8, 4) is 17.2 Å². The van der Waals surface area contributed by atoms with E-state index < -0.39 is 40.2 Å². The summed E-state index contributed by atoms with van der Waals surface area (Å²) in [4.78, 5) is 42.8. The standard InChI is InChI=1S/C48H50O9/c1-24(2)13-12-20-46(8)21-19-29-38(50)35-41(30(39(29)55-46)17-16-25(3)4)56-48-32-23-31(43(51)47(48,57-45(32,6)7)22-18-26(5)44(52)53-9)33-34-37(49)27-14-10-11-15-28(27)40(34)54-42(35)36(33)48/h10-11,13-16,18-19,21,31-33,50H,12,17,20,22-23H2,1-9H3/b26-18-. The number of allylic oxidation sites excluding steroid dienone is 5. The summed E-state index contributed by atoms with van der Waals surface area (Å²) in [6, 6.07) is 7.37. The van der Waals surface area contributed by atoms with Crippen molar-refractivity contribution in [3.05, 3.63) is 104 Å². The first-order valence-corrected chi connectivity index (χ1v) is 20.1. The van der Waals surface area contributed by atoms with Crippen LogP contribution < -0.4 is 9.47 Å². The number of esters is 1. The lowest BCUT2D eigenvalue weighted by atomic mass is 9.45. The van der Waals surface area contributed by atoms with Crippen molar-refractivity contribution in [2.45, 2.75) is 110 Å². The zero-order valence-electron chi connectivity index (χ0n) is 34.2. The van der Waals surface area contributed by atoms with E-state index in [0.29, 0.717) is 86.8 Å². The van der Waals surface area contributed by atoms with Gasteiger partial charge in [-0.2, -0.15) is 0 Å². The SMILES string of the molecule is COC(=O)/C(C)=C\CC12OC(C)(C)C3CC(C1=O)C1C4=C(OC5=C1C32Oc1c(CC=C(C)C)c2c(c(O)c15)C=CC(C)(CCC=C(C)C)O2)c1ccccc1C4=O. The fourth-order valence-electron chi connectivity index (χ4n) is 10.9. The summed E-state index contributed by atoms with van der Waals surface area (Å²) < 4.78 is 33.9. The van der Waals surface area contributed by atoms with Gasteiger partial charge in [0.25, 0.3) is 0 Å². The lowest BCUT2D eigenvalue weighted by Crippen LogP contribution is -2.75. The summed E-state index contributed by atoms with van der Waals surface area (Å²) in [5.74, 6) is -0.956. The van der Waals surface area contributed by atoms with Gasteiger partial charge in [-0.1, -0.05) is 53.6 Å². The van der Waals surface area contributed by atoms with Crippen molar-refractivity contribution in [2.24, 2.45) is 17.8 Å². The molecule has 2 aromatic carbocycles. The minimum absolute atomic E-state index is 0.0179. The van der Waals surface area contributed by atoms with Gasteiger partial charge in [-0.25, -0.2) is 4.79 Å². The Labute approximate surface area is 333 Å². The number of fused-ring (bicyclic) bond motifs is 5. The molecule has 4 bridgehead atoms. The van der Waals surface area contributed by atoms with Gasteiger partial charge in [0.05, 0.1) is 23.8 Å². The number of aromatic hydroxyl groups is 1. The van der Waals surface area contributed by atoms with Crippen LogP contribution in [0.1, 0.15) is 114 Å². The van der Waals surface area contributed by atoms with Gasteiger partial charge in [-0.3, -0.25) is 9.59 Å². The maximum absolute atomic E-state index is 15.5. The fraction of sp³-hybridized carbons (Fsp3) is 0.438. The molecule has 57 heavy (non-hydrogen) atoms. The topological polar surface area (TPSA) is 118 Å². The number of hydrogen-bond acceptors (Lipinski definition) is 9. The van der Waals surface area contributed by atoms with Gasteiger partial charge in [0.2, 0.25) is 0 Å². The van der Waals surface area contributed by atoms with E-state index in [1.807, 2.05) is 65.0 Å². The van der Waals surface area contributed by atoms with Crippen molar-refractivity contribution in [1.82, 2.24) is 0 Å². The maximum atomic E-state index is 15.5. The number of Topliss-reactive ketones (excluding diaryl/α,β-unsaturated/α-hetero) is 2. The van der Waals surface area contributed by atoms with Gasteiger partial charge in [0.1, 0.15) is 39.9 Å². The van der Waals surface area contributed by atoms with E-state index in [9.17, 15) is 14.7 Å². The van der Waals surface area contributed by atoms with E-state index in [1.54, 1.807) is 19.1 Å². The maximum Gasteiger partial charge on any atom is 0.333 e. The van der Waals surface area contributed by atoms with Gasteiger partial charge in [0.15, 0.2) is 22.8 Å². The van der Waals surface area contributed by atoms with Gasteiger partial charge in [-0.15, -0.1) is 0 Å². The second-order valence-corrected chi connectivity index (χ2v) is 18.0. The first kappa shape index (κ1) is 37.4. The zero-order valence-corrected chi connectivity index (χ0v) is 34.2. The number of carbonyl (C=O) groups excluding carboxylic acids is 3. The number of carbonyl (C=O) groups is 3. The van der Waals surface area contributed by atoms with Crippen LogP contribution >= 0.6 is 0 Å². The Kier molecular flexibility index (Phi) is 8.16. The smallest absolute Gasteiger partial charge is 0.333 e. The predicted molar refractivity (Wildman–Crippen MR) is 215 cm³/mol. The van der Waals surface area contributed by atoms with Crippen LogP contribution in [0.3, 0.4) is 0 Å². The number of phenols is 1. The van der Waals surface area contributed by atoms with Crippen LogP contribution in [0.2, 0.25) is 0 Å². The normalized spacial score (nSPS) is 30.3. The largest absolute Gasteiger partial charge is 0.506 e. The summed E-state index contributed by atoms with van der Waals surface area (Å²) in [6.07, 6.45) is 12.3. The molecule has 1 N–H and O–H groups in total. The van der Waals surface area contributed by atoms with Gasteiger partial charge >= 0.3 is 5.97 Å². The molecule has 0 amide bonds. The van der Waals surface area contributed by atoms with Crippen LogP contribution in [-0.4, -0.2) is 52.2 Å². The summed E-state index contributed by atoms with van der Waals surface area (Å²) in [5.41, 5.74) is 1.85. The molecule has 1 spiro atoms. The molecule has 0 radical (unpaired) electrons. The average Bonchev–Trinajstić information content (AvgIpc) is 3.52. The van der Waals surface area contributed by atoms with Crippen molar-refractivity contribution in [3.63, 3.8) is 0 Å². The molecule has 10 rings (SSSR count). The highest BCUT2D eigenvalue weighted by Gasteiger charge is 2.84. The van der Waals surface area contributed by atoms with E-state index in [2.05, 4.69) is 26.0 Å². The second kappa shape index (κ2) is 12.4. The average molecular weight is 771 g/mol. The Morgan fingerprint density at radius 3 is 2.37 bits per heavy atom. The number of hydrogen-bond donors (Lipinski definition) is 1. The van der Waals surface area contributed by atoms with Crippen LogP contribution in [0, 0.1) is 17.8 Å². The molecule has 4 aliphatic carbocycles. The molecular weight excluding hydrogens is 721 g/mol.